The van der Waals surface area contributed by atoms with Gasteiger partial charge in [0.2, 0.25) is 0 Å². The van der Waals surface area contributed by atoms with Crippen LogP contribution in [0.25, 0.3) is 0 Å². The minimum Gasteiger partial charge on any atom is -0.393 e. The van der Waals surface area contributed by atoms with E-state index >= 15 is 0 Å². The number of hydrogen-bond acceptors (Lipinski definition) is 4. The van der Waals surface area contributed by atoms with Gasteiger partial charge in [-0.05, 0) is 39.0 Å². The van der Waals surface area contributed by atoms with Gasteiger partial charge in [0.05, 0.1) is 23.3 Å². The number of amides is 1. The molecule has 1 amide bonds. The monoisotopic (exact) mass is 320 g/mol. The number of carbonyl (C=O) groups is 2. The van der Waals surface area contributed by atoms with Crippen molar-refractivity contribution in [1.82, 2.24) is 9.88 Å². The SMILES string of the molecule is Cc1[nH]c2c(c1C(=O)N1CCC[C@](O)(CO)CC1)C(=O)CCC2. The number of fused-ring (bicyclic) bond motifs is 1. The van der Waals surface area contributed by atoms with Crippen molar-refractivity contribution < 1.29 is 19.8 Å². The van der Waals surface area contributed by atoms with Crippen LogP contribution in [0.2, 0.25) is 0 Å². The van der Waals surface area contributed by atoms with Gasteiger partial charge >= 0.3 is 0 Å². The normalized spacial score (nSPS) is 25.2. The Morgan fingerprint density at radius 2 is 2.04 bits per heavy atom. The second-order valence-corrected chi connectivity index (χ2v) is 6.78. The molecule has 1 aliphatic carbocycles. The molecule has 0 radical (unpaired) electrons. The number of ketones is 1. The largest absolute Gasteiger partial charge is 0.393 e. The molecular weight excluding hydrogens is 296 g/mol. The number of aryl methyl sites for hydroxylation is 2. The van der Waals surface area contributed by atoms with Crippen LogP contribution in [0.5, 0.6) is 0 Å². The molecule has 0 unspecified atom stereocenters. The van der Waals surface area contributed by atoms with Crippen molar-refractivity contribution in [3.8, 4) is 0 Å². The molecule has 3 rings (SSSR count). The van der Waals surface area contributed by atoms with Gasteiger partial charge in [0.1, 0.15) is 0 Å². The highest BCUT2D eigenvalue weighted by Gasteiger charge is 2.34. The summed E-state index contributed by atoms with van der Waals surface area (Å²) in [5, 5.41) is 19.5. The molecule has 1 aliphatic heterocycles. The molecule has 0 spiro atoms. The molecule has 0 saturated carbocycles. The molecule has 23 heavy (non-hydrogen) atoms. The van der Waals surface area contributed by atoms with Crippen molar-refractivity contribution in [2.45, 2.75) is 51.0 Å². The average molecular weight is 320 g/mol. The van der Waals surface area contributed by atoms with Crippen LogP contribution >= 0.6 is 0 Å². The molecule has 0 aromatic carbocycles. The Morgan fingerprint density at radius 3 is 2.78 bits per heavy atom. The van der Waals surface area contributed by atoms with Gasteiger partial charge in [-0.3, -0.25) is 9.59 Å². The molecule has 126 valence electrons. The first kappa shape index (κ1) is 16.2. The molecule has 2 aliphatic rings. The Kier molecular flexibility index (Phi) is 4.29. The smallest absolute Gasteiger partial charge is 0.256 e. The number of aliphatic hydroxyl groups excluding tert-OH is 1. The molecular formula is C17H24N2O4. The maximum Gasteiger partial charge on any atom is 0.256 e. The van der Waals surface area contributed by atoms with Crippen LogP contribution in [-0.2, 0) is 6.42 Å². The number of Topliss-reactive ketones (excluding diaryl/α,β-unsaturated/α-hetero) is 1. The molecule has 6 nitrogen and oxygen atoms in total. The van der Waals surface area contributed by atoms with Crippen molar-refractivity contribution in [3.63, 3.8) is 0 Å². The first-order chi connectivity index (χ1) is 10.9. The van der Waals surface area contributed by atoms with Gasteiger partial charge in [0.15, 0.2) is 5.78 Å². The van der Waals surface area contributed by atoms with Gasteiger partial charge in [-0.15, -0.1) is 0 Å². The van der Waals surface area contributed by atoms with Crippen LogP contribution < -0.4 is 0 Å². The zero-order valence-corrected chi connectivity index (χ0v) is 13.5. The summed E-state index contributed by atoms with van der Waals surface area (Å²) in [6, 6.07) is 0. The summed E-state index contributed by atoms with van der Waals surface area (Å²) in [7, 11) is 0. The third kappa shape index (κ3) is 2.93. The molecule has 1 atom stereocenters. The fraction of sp³-hybridized carbons (Fsp3) is 0.647. The summed E-state index contributed by atoms with van der Waals surface area (Å²) in [6.07, 6.45) is 3.61. The molecule has 0 bridgehead atoms. The second kappa shape index (κ2) is 6.09. The summed E-state index contributed by atoms with van der Waals surface area (Å²) >= 11 is 0. The van der Waals surface area contributed by atoms with Crippen LogP contribution in [0.4, 0.5) is 0 Å². The first-order valence-corrected chi connectivity index (χ1v) is 8.32. The van der Waals surface area contributed by atoms with Gasteiger partial charge in [-0.1, -0.05) is 0 Å². The van der Waals surface area contributed by atoms with E-state index in [0.717, 1.165) is 24.2 Å². The van der Waals surface area contributed by atoms with Crippen molar-refractivity contribution in [2.75, 3.05) is 19.7 Å². The highest BCUT2D eigenvalue weighted by atomic mass is 16.3. The van der Waals surface area contributed by atoms with Gasteiger partial charge < -0.3 is 20.1 Å². The molecule has 1 fully saturated rings. The summed E-state index contributed by atoms with van der Waals surface area (Å²) in [5.74, 6) is -0.0990. The van der Waals surface area contributed by atoms with Gasteiger partial charge in [-0.25, -0.2) is 0 Å². The lowest BCUT2D eigenvalue weighted by atomic mass is 9.92. The number of nitrogens with zero attached hydrogens (tertiary/aromatic N) is 1. The minimum absolute atomic E-state index is 0.0423. The van der Waals surface area contributed by atoms with E-state index in [-0.39, 0.29) is 18.3 Å². The number of carbonyl (C=O) groups excluding carboxylic acids is 2. The van der Waals surface area contributed by atoms with E-state index in [1.165, 1.54) is 0 Å². The summed E-state index contributed by atoms with van der Waals surface area (Å²) in [5.41, 5.74) is 1.59. The van der Waals surface area contributed by atoms with Crippen molar-refractivity contribution in [1.29, 1.82) is 0 Å². The third-order valence-electron chi connectivity index (χ3n) is 5.09. The molecule has 1 saturated heterocycles. The fourth-order valence-electron chi connectivity index (χ4n) is 3.70. The molecule has 1 aromatic rings. The summed E-state index contributed by atoms with van der Waals surface area (Å²) < 4.78 is 0. The molecule has 3 N–H and O–H groups in total. The summed E-state index contributed by atoms with van der Waals surface area (Å²) in [6.45, 7) is 2.48. The first-order valence-electron chi connectivity index (χ1n) is 8.32. The summed E-state index contributed by atoms with van der Waals surface area (Å²) in [4.78, 5) is 30.1. The Bertz CT molecular complexity index is 637. The molecule has 6 heteroatoms. The number of rotatable bonds is 2. The number of aromatic amines is 1. The van der Waals surface area contributed by atoms with Gasteiger partial charge in [0.25, 0.3) is 5.91 Å². The van der Waals surface area contributed by atoms with E-state index in [0.29, 0.717) is 49.9 Å². The number of H-pyrrole nitrogens is 1. The van der Waals surface area contributed by atoms with E-state index in [9.17, 15) is 19.8 Å². The zero-order valence-electron chi connectivity index (χ0n) is 13.5. The molecule has 2 heterocycles. The Balaban J connectivity index is 1.87. The Hall–Kier alpha value is -1.66. The number of likely N-dealkylation sites (tertiary alicyclic amines) is 1. The van der Waals surface area contributed by atoms with Crippen LogP contribution in [0, 0.1) is 6.92 Å². The number of aliphatic hydroxyl groups is 2. The Morgan fingerprint density at radius 1 is 1.26 bits per heavy atom. The van der Waals surface area contributed by atoms with E-state index in [4.69, 9.17) is 0 Å². The minimum atomic E-state index is -1.10. The highest BCUT2D eigenvalue weighted by Crippen LogP contribution is 2.29. The van der Waals surface area contributed by atoms with Crippen molar-refractivity contribution in [3.05, 3.63) is 22.5 Å². The average Bonchev–Trinajstić information content (AvgIpc) is 2.74. The lowest BCUT2D eigenvalue weighted by Crippen LogP contribution is -2.37. The quantitative estimate of drug-likeness (QED) is 0.763. The predicted octanol–water partition coefficient (Wildman–Crippen LogP) is 1.19. The topological polar surface area (TPSA) is 93.6 Å². The van der Waals surface area contributed by atoms with Crippen molar-refractivity contribution in [2.24, 2.45) is 0 Å². The number of aromatic nitrogens is 1. The van der Waals surface area contributed by atoms with Crippen LogP contribution in [0.3, 0.4) is 0 Å². The van der Waals surface area contributed by atoms with Gasteiger partial charge in [-0.2, -0.15) is 0 Å². The van der Waals surface area contributed by atoms with Crippen LogP contribution in [0.15, 0.2) is 0 Å². The third-order valence-corrected chi connectivity index (χ3v) is 5.09. The fourth-order valence-corrected chi connectivity index (χ4v) is 3.70. The lowest BCUT2D eigenvalue weighted by molar-refractivity contribution is -0.0250. The van der Waals surface area contributed by atoms with Crippen LogP contribution in [0.1, 0.15) is 64.2 Å². The second-order valence-electron chi connectivity index (χ2n) is 6.78. The Labute approximate surface area is 135 Å². The standard InChI is InChI=1S/C17H24N2O4/c1-11-14(15-12(18-11)4-2-5-13(15)21)16(22)19-8-3-6-17(23,10-20)7-9-19/h18,20,23H,2-10H2,1H3/t17-/m1/s1. The number of nitrogens with one attached hydrogen (secondary N) is 1. The van der Waals surface area contributed by atoms with E-state index in [1.54, 1.807) is 4.90 Å². The predicted molar refractivity (Wildman–Crippen MR) is 84.6 cm³/mol. The van der Waals surface area contributed by atoms with E-state index < -0.39 is 5.60 Å². The zero-order chi connectivity index (χ0) is 16.6. The van der Waals surface area contributed by atoms with Crippen LogP contribution in [-0.4, -0.2) is 57.1 Å². The maximum absolute atomic E-state index is 13.0. The van der Waals surface area contributed by atoms with E-state index in [1.807, 2.05) is 6.92 Å². The lowest BCUT2D eigenvalue weighted by Gasteiger charge is -2.25. The molecule has 1 aromatic heterocycles. The number of hydrogen-bond donors (Lipinski definition) is 3. The van der Waals surface area contributed by atoms with E-state index in [2.05, 4.69) is 4.98 Å². The van der Waals surface area contributed by atoms with Crippen molar-refractivity contribution >= 4 is 11.7 Å². The maximum atomic E-state index is 13.0. The highest BCUT2D eigenvalue weighted by molar-refractivity contribution is 6.10. The van der Waals surface area contributed by atoms with Gasteiger partial charge in [0, 0.05) is 30.9 Å².